The van der Waals surface area contributed by atoms with Crippen molar-refractivity contribution < 1.29 is 19.0 Å². The van der Waals surface area contributed by atoms with Crippen molar-refractivity contribution in [3.05, 3.63) is 77.6 Å². The van der Waals surface area contributed by atoms with E-state index in [-0.39, 0.29) is 18.2 Å². The van der Waals surface area contributed by atoms with E-state index in [1.165, 1.54) is 0 Å². The summed E-state index contributed by atoms with van der Waals surface area (Å²) in [5.74, 6) is 0.475. The molecule has 0 bridgehead atoms. The molecule has 8 heteroatoms. The molecule has 37 heavy (non-hydrogen) atoms. The van der Waals surface area contributed by atoms with Crippen LogP contribution in [0.1, 0.15) is 33.3 Å². The second-order valence-electron chi connectivity index (χ2n) is 9.96. The maximum absolute atomic E-state index is 13.1. The molecule has 0 amide bonds. The molecule has 0 saturated carbocycles. The number of benzene rings is 2. The zero-order chi connectivity index (χ0) is 25.9. The van der Waals surface area contributed by atoms with Gasteiger partial charge in [0.15, 0.2) is 6.23 Å². The Kier molecular flexibility index (Phi) is 7.50. The van der Waals surface area contributed by atoms with Gasteiger partial charge in [-0.15, -0.1) is 0 Å². The van der Waals surface area contributed by atoms with E-state index < -0.39 is 12.3 Å². The minimum atomic E-state index is -0.638. The maximum atomic E-state index is 13.1. The van der Waals surface area contributed by atoms with Crippen LogP contribution in [0, 0.1) is 0 Å². The highest BCUT2D eigenvalue weighted by Gasteiger charge is 2.41. The fourth-order valence-corrected chi connectivity index (χ4v) is 4.86. The van der Waals surface area contributed by atoms with Gasteiger partial charge >= 0.3 is 5.97 Å². The minimum Gasteiger partial charge on any atom is -0.461 e. The molecule has 2 atom stereocenters. The zero-order valence-corrected chi connectivity index (χ0v) is 21.9. The molecule has 2 aromatic rings. The van der Waals surface area contributed by atoms with Crippen LogP contribution in [-0.2, 0) is 19.0 Å². The number of carbonyl (C=O) groups is 1. The van der Waals surface area contributed by atoms with Crippen molar-refractivity contribution in [1.29, 1.82) is 0 Å². The smallest absolute Gasteiger partial charge is 0.332 e. The molecule has 8 nitrogen and oxygen atoms in total. The lowest BCUT2D eigenvalue weighted by atomic mass is 9.92. The lowest BCUT2D eigenvalue weighted by Crippen LogP contribution is -2.45. The van der Waals surface area contributed by atoms with Crippen molar-refractivity contribution in [2.24, 2.45) is 0 Å². The average molecular weight is 505 g/mol. The molecule has 5 rings (SSSR count). The van der Waals surface area contributed by atoms with Gasteiger partial charge in [0.2, 0.25) is 0 Å². The third-order valence-corrected chi connectivity index (χ3v) is 6.49. The highest BCUT2D eigenvalue weighted by molar-refractivity contribution is 5.91. The van der Waals surface area contributed by atoms with E-state index in [0.29, 0.717) is 0 Å². The van der Waals surface area contributed by atoms with Crippen molar-refractivity contribution >= 4 is 22.9 Å². The molecule has 0 spiro atoms. The minimum absolute atomic E-state index is 0.00412. The average Bonchev–Trinajstić information content (AvgIpc) is 3.26. The summed E-state index contributed by atoms with van der Waals surface area (Å²) in [4.78, 5) is 15.4. The van der Waals surface area contributed by atoms with Crippen LogP contribution >= 0.6 is 0 Å². The number of ether oxygens (including phenoxy) is 3. The van der Waals surface area contributed by atoms with E-state index in [1.54, 1.807) is 0 Å². The molecular weight excluding hydrogens is 468 g/mol. The summed E-state index contributed by atoms with van der Waals surface area (Å²) >= 11 is 0. The Morgan fingerprint density at radius 3 is 2.30 bits per heavy atom. The molecule has 0 aliphatic carbocycles. The summed E-state index contributed by atoms with van der Waals surface area (Å²) in [6.07, 6.45) is 1.35. The van der Waals surface area contributed by atoms with Crippen LogP contribution in [0.15, 0.2) is 72.1 Å². The third-order valence-electron chi connectivity index (χ3n) is 6.49. The van der Waals surface area contributed by atoms with E-state index in [1.807, 2.05) is 69.1 Å². The fourth-order valence-electron chi connectivity index (χ4n) is 4.86. The summed E-state index contributed by atoms with van der Waals surface area (Å²) in [5, 5.41) is 5.39. The zero-order valence-electron chi connectivity index (χ0n) is 21.9. The molecule has 2 N–H and O–H groups in total. The van der Waals surface area contributed by atoms with E-state index in [4.69, 9.17) is 14.2 Å². The van der Waals surface area contributed by atoms with Crippen LogP contribution in [-0.4, -0.2) is 56.8 Å². The summed E-state index contributed by atoms with van der Waals surface area (Å²) in [6, 6.07) is 17.9. The molecule has 196 valence electrons. The van der Waals surface area contributed by atoms with Crippen molar-refractivity contribution in [2.75, 3.05) is 36.2 Å². The quantitative estimate of drug-likeness (QED) is 0.552. The van der Waals surface area contributed by atoms with Crippen LogP contribution < -0.4 is 20.7 Å². The predicted octanol–water partition coefficient (Wildman–Crippen LogP) is 3.82. The summed E-state index contributed by atoms with van der Waals surface area (Å²) in [7, 11) is 0. The van der Waals surface area contributed by atoms with Crippen LogP contribution in [0.2, 0.25) is 0 Å². The number of anilines is 2. The Hall–Kier alpha value is -3.33. The number of nitrogens with zero attached hydrogens (tertiary/aromatic N) is 2. The van der Waals surface area contributed by atoms with Gasteiger partial charge in [-0.25, -0.2) is 4.79 Å². The molecule has 3 aliphatic heterocycles. The fraction of sp³-hybridized carbons (Fsp3) is 0.414. The second kappa shape index (κ2) is 11.0. The number of rotatable bonds is 7. The molecule has 1 fully saturated rings. The molecular formula is C29H36N4O4. The number of hydrogen-bond acceptors (Lipinski definition) is 8. The van der Waals surface area contributed by atoms with Crippen LogP contribution in [0.25, 0.3) is 5.57 Å². The summed E-state index contributed by atoms with van der Waals surface area (Å²) in [5.41, 5.74) is 8.54. The first-order chi connectivity index (χ1) is 17.9. The van der Waals surface area contributed by atoms with Gasteiger partial charge in [-0.1, -0.05) is 30.3 Å². The highest BCUT2D eigenvalue weighted by atomic mass is 16.5. The normalized spacial score (nSPS) is 21.7. The SMILES string of the molecule is CC(C)OC(=O)C1C=C(c2ccc(N3CCOCC3)cc2)C2=C(N1)N(c1ccccc1)NC2OC(C)C. The number of hydrazine groups is 1. The Morgan fingerprint density at radius 2 is 1.65 bits per heavy atom. The molecule has 0 aromatic heterocycles. The summed E-state index contributed by atoms with van der Waals surface area (Å²) < 4.78 is 17.4. The Morgan fingerprint density at radius 1 is 0.946 bits per heavy atom. The Balaban J connectivity index is 1.56. The first kappa shape index (κ1) is 25.3. The standard InChI is InChI=1S/C29H36N4O4/c1-19(2)36-28-26-24(21-10-12-22(13-11-21)32-14-16-35-17-15-32)18-25(29(34)37-20(3)4)30-27(26)33(31-28)23-8-6-5-7-9-23/h5-13,18-20,25,28,30-31H,14-17H2,1-4H3. The monoisotopic (exact) mass is 504 g/mol. The number of dihydropyridines is 1. The van der Waals surface area contributed by atoms with Gasteiger partial charge in [0.1, 0.15) is 11.9 Å². The van der Waals surface area contributed by atoms with Gasteiger partial charge in [0.05, 0.1) is 31.1 Å². The van der Waals surface area contributed by atoms with E-state index in [9.17, 15) is 4.79 Å². The lowest BCUT2D eigenvalue weighted by molar-refractivity contribution is -0.148. The largest absolute Gasteiger partial charge is 0.461 e. The van der Waals surface area contributed by atoms with E-state index in [2.05, 4.69) is 39.9 Å². The maximum Gasteiger partial charge on any atom is 0.332 e. The second-order valence-corrected chi connectivity index (χ2v) is 9.96. The van der Waals surface area contributed by atoms with Crippen LogP contribution in [0.3, 0.4) is 0 Å². The van der Waals surface area contributed by atoms with E-state index in [0.717, 1.165) is 60.2 Å². The predicted molar refractivity (Wildman–Crippen MR) is 145 cm³/mol. The Bertz CT molecular complexity index is 1150. The third kappa shape index (κ3) is 5.51. The molecule has 2 unspecified atom stereocenters. The number of nitrogens with one attached hydrogen (secondary N) is 2. The molecule has 3 aliphatic rings. The van der Waals surface area contributed by atoms with Crippen molar-refractivity contribution in [3.8, 4) is 0 Å². The molecule has 3 heterocycles. The van der Waals surface area contributed by atoms with Gasteiger partial charge in [-0.2, -0.15) is 5.43 Å². The van der Waals surface area contributed by atoms with Crippen molar-refractivity contribution in [1.82, 2.24) is 10.7 Å². The topological polar surface area (TPSA) is 75.3 Å². The van der Waals surface area contributed by atoms with Gasteiger partial charge in [0.25, 0.3) is 0 Å². The van der Waals surface area contributed by atoms with Crippen molar-refractivity contribution in [3.63, 3.8) is 0 Å². The van der Waals surface area contributed by atoms with Crippen molar-refractivity contribution in [2.45, 2.75) is 52.2 Å². The van der Waals surface area contributed by atoms with Gasteiger partial charge in [0, 0.05) is 24.4 Å². The van der Waals surface area contributed by atoms with E-state index >= 15 is 0 Å². The van der Waals surface area contributed by atoms with Gasteiger partial charge in [-0.3, -0.25) is 5.01 Å². The van der Waals surface area contributed by atoms with Crippen LogP contribution in [0.4, 0.5) is 11.4 Å². The first-order valence-electron chi connectivity index (χ1n) is 13.0. The van der Waals surface area contributed by atoms with Crippen LogP contribution in [0.5, 0.6) is 0 Å². The highest BCUT2D eigenvalue weighted by Crippen LogP contribution is 2.39. The lowest BCUT2D eigenvalue weighted by Gasteiger charge is -2.30. The molecule has 0 radical (unpaired) electrons. The molecule has 1 saturated heterocycles. The first-order valence-corrected chi connectivity index (χ1v) is 13.0. The summed E-state index contributed by atoms with van der Waals surface area (Å²) in [6.45, 7) is 11.0. The van der Waals surface area contributed by atoms with Gasteiger partial charge < -0.3 is 24.4 Å². The van der Waals surface area contributed by atoms with Gasteiger partial charge in [-0.05, 0) is 69.2 Å². The number of morpholine rings is 1. The number of esters is 1. The Labute approximate surface area is 218 Å². The number of para-hydroxylation sites is 1. The molecule has 2 aromatic carbocycles. The number of carbonyl (C=O) groups excluding carboxylic acids is 1. The number of hydrogen-bond donors (Lipinski definition) is 2.